The first-order valence-electron chi connectivity index (χ1n) is 7.89. The number of rotatable bonds is 4. The van der Waals surface area contributed by atoms with Gasteiger partial charge in [-0.1, -0.05) is 24.3 Å². The van der Waals surface area contributed by atoms with Crippen LogP contribution in [0.2, 0.25) is 0 Å². The minimum atomic E-state index is -0.208. The highest BCUT2D eigenvalue weighted by Gasteiger charge is 2.20. The maximum absolute atomic E-state index is 12.0. The fourth-order valence-corrected chi connectivity index (χ4v) is 3.03. The van der Waals surface area contributed by atoms with E-state index in [1.165, 1.54) is 17.5 Å². The number of fused-ring (bicyclic) bond motifs is 1. The first kappa shape index (κ1) is 15.3. The van der Waals surface area contributed by atoms with E-state index in [9.17, 15) is 4.79 Å². The Bertz CT molecular complexity index is 670. The topological polar surface area (TPSA) is 63.2 Å². The van der Waals surface area contributed by atoms with E-state index in [4.69, 9.17) is 4.74 Å². The molecule has 2 aromatic rings. The van der Waals surface area contributed by atoms with Crippen LogP contribution in [0.5, 0.6) is 5.88 Å². The van der Waals surface area contributed by atoms with E-state index in [1.54, 1.807) is 25.4 Å². The molecule has 0 unspecified atom stereocenters. The highest BCUT2D eigenvalue weighted by Crippen LogP contribution is 2.30. The molecule has 0 saturated carbocycles. The molecule has 0 spiro atoms. The van der Waals surface area contributed by atoms with Gasteiger partial charge in [-0.15, -0.1) is 0 Å². The van der Waals surface area contributed by atoms with Crippen LogP contribution in [0.15, 0.2) is 42.6 Å². The van der Waals surface area contributed by atoms with E-state index in [0.717, 1.165) is 12.8 Å². The first-order chi connectivity index (χ1) is 11.3. The number of benzene rings is 1. The maximum Gasteiger partial charge on any atom is 0.319 e. The van der Waals surface area contributed by atoms with Gasteiger partial charge in [0, 0.05) is 18.5 Å². The van der Waals surface area contributed by atoms with E-state index < -0.39 is 0 Å². The van der Waals surface area contributed by atoms with Crippen LogP contribution in [0.3, 0.4) is 0 Å². The monoisotopic (exact) mass is 311 g/mol. The molecule has 5 nitrogen and oxygen atoms in total. The summed E-state index contributed by atoms with van der Waals surface area (Å²) in [7, 11) is 1.56. The summed E-state index contributed by atoms with van der Waals surface area (Å²) in [5.41, 5.74) is 3.42. The number of hydrogen-bond donors (Lipinski definition) is 2. The highest BCUT2D eigenvalue weighted by atomic mass is 16.5. The number of aromatic nitrogens is 1. The van der Waals surface area contributed by atoms with Crippen LogP contribution in [-0.2, 0) is 6.42 Å². The van der Waals surface area contributed by atoms with Gasteiger partial charge in [-0.3, -0.25) is 0 Å². The molecule has 1 aromatic heterocycles. The van der Waals surface area contributed by atoms with Crippen molar-refractivity contribution in [3.63, 3.8) is 0 Å². The van der Waals surface area contributed by atoms with Crippen LogP contribution >= 0.6 is 0 Å². The van der Waals surface area contributed by atoms with Crippen molar-refractivity contribution in [3.8, 4) is 5.88 Å². The first-order valence-corrected chi connectivity index (χ1v) is 7.89. The third-order valence-electron chi connectivity index (χ3n) is 4.21. The van der Waals surface area contributed by atoms with Crippen LogP contribution in [0.25, 0.3) is 0 Å². The molecule has 1 atom stereocenters. The number of carbonyl (C=O) groups is 1. The van der Waals surface area contributed by atoms with Gasteiger partial charge in [0.1, 0.15) is 0 Å². The zero-order valence-corrected chi connectivity index (χ0v) is 13.2. The lowest BCUT2D eigenvalue weighted by Crippen LogP contribution is -2.33. The summed E-state index contributed by atoms with van der Waals surface area (Å²) in [6, 6.07) is 11.8. The zero-order chi connectivity index (χ0) is 16.1. The third-order valence-corrected chi connectivity index (χ3v) is 4.21. The molecule has 1 heterocycles. The summed E-state index contributed by atoms with van der Waals surface area (Å²) in [5.74, 6) is 0.912. The predicted octanol–water partition coefficient (Wildman–Crippen LogP) is 3.33. The molecule has 2 amide bonds. The van der Waals surface area contributed by atoms with E-state index in [1.807, 2.05) is 0 Å². The van der Waals surface area contributed by atoms with Crippen molar-refractivity contribution in [3.05, 3.63) is 53.7 Å². The Morgan fingerprint density at radius 1 is 1.30 bits per heavy atom. The highest BCUT2D eigenvalue weighted by molar-refractivity contribution is 5.89. The van der Waals surface area contributed by atoms with E-state index in [2.05, 4.69) is 39.9 Å². The number of amides is 2. The molecule has 23 heavy (non-hydrogen) atoms. The summed E-state index contributed by atoms with van der Waals surface area (Å²) < 4.78 is 4.99. The van der Waals surface area contributed by atoms with Crippen molar-refractivity contribution in [1.29, 1.82) is 0 Å². The molecule has 1 aliphatic carbocycles. The quantitative estimate of drug-likeness (QED) is 0.910. The molecule has 3 rings (SSSR count). The van der Waals surface area contributed by atoms with Crippen LogP contribution in [0.1, 0.15) is 29.9 Å². The van der Waals surface area contributed by atoms with Gasteiger partial charge in [0.15, 0.2) is 0 Å². The lowest BCUT2D eigenvalue weighted by atomic mass is 9.83. The van der Waals surface area contributed by atoms with Crippen molar-refractivity contribution in [2.24, 2.45) is 0 Å². The minimum Gasteiger partial charge on any atom is -0.481 e. The summed E-state index contributed by atoms with van der Waals surface area (Å²) in [6.07, 6.45) is 5.00. The Labute approximate surface area is 136 Å². The molecule has 0 radical (unpaired) electrons. The number of nitrogens with zero attached hydrogens (tertiary/aromatic N) is 1. The van der Waals surface area contributed by atoms with E-state index in [-0.39, 0.29) is 6.03 Å². The Kier molecular flexibility index (Phi) is 4.76. The SMILES string of the molecule is COc1ccc(NC(=O)NC[C@@H]2CCCc3ccccc32)cn1. The predicted molar refractivity (Wildman–Crippen MR) is 89.9 cm³/mol. The second-order valence-corrected chi connectivity index (χ2v) is 5.71. The standard InChI is InChI=1S/C18H21N3O2/c1-23-17-10-9-15(12-19-17)21-18(22)20-11-14-7-4-6-13-5-2-3-8-16(13)14/h2-3,5,8-10,12,14H,4,6-7,11H2,1H3,(H2,20,21,22)/t14-/m0/s1. The second kappa shape index (κ2) is 7.13. The lowest BCUT2D eigenvalue weighted by molar-refractivity contribution is 0.251. The molecular formula is C18H21N3O2. The second-order valence-electron chi connectivity index (χ2n) is 5.71. The minimum absolute atomic E-state index is 0.208. The molecule has 5 heteroatoms. The number of hydrogen-bond acceptors (Lipinski definition) is 3. The Morgan fingerprint density at radius 3 is 2.96 bits per heavy atom. The number of pyridine rings is 1. The normalized spacial score (nSPS) is 16.3. The van der Waals surface area contributed by atoms with Crippen LogP contribution in [0, 0.1) is 0 Å². The van der Waals surface area contributed by atoms with Crippen molar-refractivity contribution in [1.82, 2.24) is 10.3 Å². The molecule has 0 saturated heterocycles. The average molecular weight is 311 g/mol. The third kappa shape index (κ3) is 3.80. The molecule has 0 aliphatic heterocycles. The van der Waals surface area contributed by atoms with Gasteiger partial charge >= 0.3 is 6.03 Å². The molecule has 2 N–H and O–H groups in total. The largest absolute Gasteiger partial charge is 0.481 e. The molecule has 0 bridgehead atoms. The molecule has 1 aliphatic rings. The summed E-state index contributed by atoms with van der Waals surface area (Å²) in [6.45, 7) is 0.645. The number of urea groups is 1. The number of methoxy groups -OCH3 is 1. The number of aryl methyl sites for hydroxylation is 1. The van der Waals surface area contributed by atoms with Gasteiger partial charge < -0.3 is 15.4 Å². The van der Waals surface area contributed by atoms with Crippen molar-refractivity contribution >= 4 is 11.7 Å². The number of ether oxygens (including phenoxy) is 1. The fraction of sp³-hybridized carbons (Fsp3) is 0.333. The maximum atomic E-state index is 12.0. The summed E-state index contributed by atoms with van der Waals surface area (Å²) >= 11 is 0. The number of carbonyl (C=O) groups excluding carboxylic acids is 1. The number of nitrogens with one attached hydrogen (secondary N) is 2. The zero-order valence-electron chi connectivity index (χ0n) is 13.2. The average Bonchev–Trinajstić information content (AvgIpc) is 2.60. The Hall–Kier alpha value is -2.56. The van der Waals surface area contributed by atoms with E-state index >= 15 is 0 Å². The van der Waals surface area contributed by atoms with Gasteiger partial charge in [-0.2, -0.15) is 0 Å². The van der Waals surface area contributed by atoms with Crippen molar-refractivity contribution in [2.45, 2.75) is 25.2 Å². The Balaban J connectivity index is 1.55. The smallest absolute Gasteiger partial charge is 0.319 e. The van der Waals surface area contributed by atoms with Gasteiger partial charge in [0.25, 0.3) is 0 Å². The van der Waals surface area contributed by atoms with Crippen molar-refractivity contribution in [2.75, 3.05) is 19.0 Å². The van der Waals surface area contributed by atoms with Gasteiger partial charge in [-0.25, -0.2) is 9.78 Å². The Morgan fingerprint density at radius 2 is 2.17 bits per heavy atom. The van der Waals surface area contributed by atoms with Gasteiger partial charge in [0.05, 0.1) is 19.0 Å². The van der Waals surface area contributed by atoms with Gasteiger partial charge in [0.2, 0.25) is 5.88 Å². The van der Waals surface area contributed by atoms with Crippen molar-refractivity contribution < 1.29 is 9.53 Å². The van der Waals surface area contributed by atoms with E-state index in [0.29, 0.717) is 24.0 Å². The summed E-state index contributed by atoms with van der Waals surface area (Å²) in [5, 5.41) is 5.75. The van der Waals surface area contributed by atoms with Crippen LogP contribution < -0.4 is 15.4 Å². The molecule has 0 fully saturated rings. The van der Waals surface area contributed by atoms with Crippen LogP contribution in [-0.4, -0.2) is 24.7 Å². The summed E-state index contributed by atoms with van der Waals surface area (Å²) in [4.78, 5) is 16.1. The molecule has 1 aromatic carbocycles. The number of anilines is 1. The fourth-order valence-electron chi connectivity index (χ4n) is 3.03. The van der Waals surface area contributed by atoms with Crippen LogP contribution in [0.4, 0.5) is 10.5 Å². The van der Waals surface area contributed by atoms with Gasteiger partial charge in [-0.05, 0) is 36.5 Å². The lowest BCUT2D eigenvalue weighted by Gasteiger charge is -2.25. The molecular weight excluding hydrogens is 290 g/mol. The molecule has 120 valence electrons.